The summed E-state index contributed by atoms with van der Waals surface area (Å²) in [5.74, 6) is -0.0403. The summed E-state index contributed by atoms with van der Waals surface area (Å²) in [5, 5.41) is 3.30. The molecule has 3 heterocycles. The number of nitrogens with zero attached hydrogens (tertiary/aromatic N) is 2. The van der Waals surface area contributed by atoms with Gasteiger partial charge in [0.1, 0.15) is 11.2 Å². The SMILES string of the molecule is C[C@]1(C(=O)NC2CCCCC2)Cn2c(cc3occc32)C(=O)N1C1CCCC1. The molecule has 6 heteroatoms. The van der Waals surface area contributed by atoms with Crippen molar-refractivity contribution in [2.24, 2.45) is 0 Å². The van der Waals surface area contributed by atoms with Crippen molar-refractivity contribution >= 4 is 22.9 Å². The van der Waals surface area contributed by atoms with Crippen molar-refractivity contribution in [2.75, 3.05) is 0 Å². The first-order chi connectivity index (χ1) is 13.6. The molecule has 2 aromatic rings. The van der Waals surface area contributed by atoms with E-state index >= 15 is 0 Å². The van der Waals surface area contributed by atoms with Crippen LogP contribution in [-0.2, 0) is 11.3 Å². The average Bonchev–Trinajstić information content (AvgIpc) is 3.41. The molecule has 2 fully saturated rings. The molecule has 5 rings (SSSR count). The maximum Gasteiger partial charge on any atom is 0.271 e. The van der Waals surface area contributed by atoms with Crippen molar-refractivity contribution in [3.8, 4) is 0 Å². The smallest absolute Gasteiger partial charge is 0.271 e. The molecule has 6 nitrogen and oxygen atoms in total. The van der Waals surface area contributed by atoms with Gasteiger partial charge >= 0.3 is 0 Å². The molecular weight excluding hydrogens is 354 g/mol. The van der Waals surface area contributed by atoms with Gasteiger partial charge < -0.3 is 19.2 Å². The van der Waals surface area contributed by atoms with Gasteiger partial charge in [0.05, 0.1) is 18.3 Å². The first-order valence-electron chi connectivity index (χ1n) is 10.8. The standard InChI is InChI=1S/C22H29N3O3/c1-22(21(27)23-15-7-3-2-4-8-15)14-24-17-11-12-28-19(17)13-18(24)20(26)25(22)16-9-5-6-10-16/h11-13,15-16H,2-10,14H2,1H3,(H,23,27)/t22-/m1/s1. The van der Waals surface area contributed by atoms with Crippen molar-refractivity contribution in [1.82, 2.24) is 14.8 Å². The molecule has 0 aromatic carbocycles. The zero-order chi connectivity index (χ0) is 19.3. The number of carbonyl (C=O) groups excluding carboxylic acids is 2. The molecule has 0 bridgehead atoms. The van der Waals surface area contributed by atoms with E-state index in [1.165, 1.54) is 19.3 Å². The van der Waals surface area contributed by atoms with Crippen LogP contribution in [0, 0.1) is 0 Å². The largest absolute Gasteiger partial charge is 0.463 e. The van der Waals surface area contributed by atoms with Crippen LogP contribution in [0.3, 0.4) is 0 Å². The monoisotopic (exact) mass is 383 g/mol. The van der Waals surface area contributed by atoms with E-state index in [9.17, 15) is 9.59 Å². The van der Waals surface area contributed by atoms with Gasteiger partial charge in [-0.05, 0) is 32.6 Å². The van der Waals surface area contributed by atoms with E-state index in [0.717, 1.165) is 44.0 Å². The van der Waals surface area contributed by atoms with E-state index in [1.54, 1.807) is 6.26 Å². The predicted octanol–water partition coefficient (Wildman–Crippen LogP) is 3.84. The number of fused-ring (bicyclic) bond motifs is 3. The summed E-state index contributed by atoms with van der Waals surface area (Å²) in [6.07, 6.45) is 11.5. The van der Waals surface area contributed by atoms with Gasteiger partial charge in [0.15, 0.2) is 5.58 Å². The first-order valence-corrected chi connectivity index (χ1v) is 10.8. The predicted molar refractivity (Wildman–Crippen MR) is 106 cm³/mol. The number of rotatable bonds is 3. The second-order valence-electron chi connectivity index (χ2n) is 8.98. The molecule has 1 aliphatic heterocycles. The molecule has 2 saturated carbocycles. The Kier molecular flexibility index (Phi) is 4.25. The fourth-order valence-corrected chi connectivity index (χ4v) is 5.56. The summed E-state index contributed by atoms with van der Waals surface area (Å²) in [5.41, 5.74) is 1.38. The normalized spacial score (nSPS) is 26.8. The molecule has 1 atom stereocenters. The number of aromatic nitrogens is 1. The van der Waals surface area contributed by atoms with Gasteiger partial charge in [-0.2, -0.15) is 0 Å². The highest BCUT2D eigenvalue weighted by atomic mass is 16.3. The Balaban J connectivity index is 1.53. The third kappa shape index (κ3) is 2.68. The molecule has 3 aliphatic rings. The van der Waals surface area contributed by atoms with Crippen LogP contribution in [0.25, 0.3) is 11.1 Å². The van der Waals surface area contributed by atoms with Gasteiger partial charge in [-0.15, -0.1) is 0 Å². The maximum absolute atomic E-state index is 13.6. The highest BCUT2D eigenvalue weighted by Gasteiger charge is 2.51. The third-order valence-electron chi connectivity index (χ3n) is 7.08. The highest BCUT2D eigenvalue weighted by Crippen LogP contribution is 2.38. The molecule has 0 spiro atoms. The summed E-state index contributed by atoms with van der Waals surface area (Å²) >= 11 is 0. The number of hydrogen-bond acceptors (Lipinski definition) is 3. The van der Waals surface area contributed by atoms with E-state index < -0.39 is 5.54 Å². The van der Waals surface area contributed by atoms with Gasteiger partial charge in [-0.25, -0.2) is 0 Å². The van der Waals surface area contributed by atoms with Gasteiger partial charge in [0, 0.05) is 24.2 Å². The second kappa shape index (κ2) is 6.68. The zero-order valence-corrected chi connectivity index (χ0v) is 16.6. The van der Waals surface area contributed by atoms with E-state index in [-0.39, 0.29) is 23.9 Å². The Morgan fingerprint density at radius 3 is 2.61 bits per heavy atom. The Morgan fingerprint density at radius 1 is 1.14 bits per heavy atom. The average molecular weight is 383 g/mol. The molecule has 0 radical (unpaired) electrons. The lowest BCUT2D eigenvalue weighted by molar-refractivity contribution is -0.135. The van der Waals surface area contributed by atoms with E-state index in [0.29, 0.717) is 17.8 Å². The minimum atomic E-state index is -0.875. The van der Waals surface area contributed by atoms with E-state index in [2.05, 4.69) is 5.32 Å². The van der Waals surface area contributed by atoms with Crippen LogP contribution in [0.4, 0.5) is 0 Å². The third-order valence-corrected chi connectivity index (χ3v) is 7.08. The van der Waals surface area contributed by atoms with Gasteiger partial charge in [-0.1, -0.05) is 32.1 Å². The number of hydrogen-bond donors (Lipinski definition) is 1. The summed E-state index contributed by atoms with van der Waals surface area (Å²) in [6.45, 7) is 2.43. The minimum Gasteiger partial charge on any atom is -0.463 e. The van der Waals surface area contributed by atoms with Crippen LogP contribution in [-0.4, -0.2) is 38.9 Å². The topological polar surface area (TPSA) is 67.5 Å². The fourth-order valence-electron chi connectivity index (χ4n) is 5.56. The summed E-state index contributed by atoms with van der Waals surface area (Å²) in [6, 6.07) is 4.10. The molecule has 2 aromatic heterocycles. The lowest BCUT2D eigenvalue weighted by Crippen LogP contribution is -2.67. The van der Waals surface area contributed by atoms with Crippen LogP contribution in [0.15, 0.2) is 22.8 Å². The van der Waals surface area contributed by atoms with E-state index in [1.807, 2.05) is 28.5 Å². The first kappa shape index (κ1) is 17.8. The Bertz CT molecular complexity index is 901. The number of amides is 2. The number of carbonyl (C=O) groups is 2. The maximum atomic E-state index is 13.6. The molecule has 2 aliphatic carbocycles. The lowest BCUT2D eigenvalue weighted by atomic mass is 9.90. The van der Waals surface area contributed by atoms with E-state index in [4.69, 9.17) is 4.42 Å². The van der Waals surface area contributed by atoms with Crippen molar-refractivity contribution in [3.05, 3.63) is 24.1 Å². The molecule has 0 saturated heterocycles. The molecule has 150 valence electrons. The number of nitrogens with one attached hydrogen (secondary N) is 1. The van der Waals surface area contributed by atoms with Crippen LogP contribution in [0.2, 0.25) is 0 Å². The quantitative estimate of drug-likeness (QED) is 0.876. The van der Waals surface area contributed by atoms with Crippen molar-refractivity contribution in [2.45, 2.75) is 88.9 Å². The van der Waals surface area contributed by atoms with Gasteiger partial charge in [0.25, 0.3) is 5.91 Å². The second-order valence-corrected chi connectivity index (χ2v) is 8.98. The number of furan rings is 1. The van der Waals surface area contributed by atoms with Gasteiger partial charge in [-0.3, -0.25) is 9.59 Å². The molecule has 2 amide bonds. The summed E-state index contributed by atoms with van der Waals surface area (Å²) in [4.78, 5) is 29.0. The van der Waals surface area contributed by atoms with Crippen LogP contribution < -0.4 is 5.32 Å². The zero-order valence-electron chi connectivity index (χ0n) is 16.6. The van der Waals surface area contributed by atoms with Crippen molar-refractivity contribution in [1.29, 1.82) is 0 Å². The Hall–Kier alpha value is -2.24. The summed E-state index contributed by atoms with van der Waals surface area (Å²) < 4.78 is 7.52. The van der Waals surface area contributed by atoms with Crippen molar-refractivity contribution in [3.63, 3.8) is 0 Å². The fraction of sp³-hybridized carbons (Fsp3) is 0.636. The molecule has 28 heavy (non-hydrogen) atoms. The van der Waals surface area contributed by atoms with Gasteiger partial charge in [0.2, 0.25) is 5.91 Å². The Labute approximate surface area is 165 Å². The Morgan fingerprint density at radius 2 is 1.86 bits per heavy atom. The molecular formula is C22H29N3O3. The van der Waals surface area contributed by atoms with Crippen LogP contribution in [0.1, 0.15) is 75.2 Å². The van der Waals surface area contributed by atoms with Crippen LogP contribution in [0.5, 0.6) is 0 Å². The molecule has 0 unspecified atom stereocenters. The highest BCUT2D eigenvalue weighted by molar-refractivity contribution is 6.03. The summed E-state index contributed by atoms with van der Waals surface area (Å²) in [7, 11) is 0. The van der Waals surface area contributed by atoms with Crippen LogP contribution >= 0.6 is 0 Å². The molecule has 1 N–H and O–H groups in total. The minimum absolute atomic E-state index is 0.00403. The van der Waals surface area contributed by atoms with Crippen molar-refractivity contribution < 1.29 is 14.0 Å². The lowest BCUT2D eigenvalue weighted by Gasteiger charge is -2.47.